The number of carbonyl (C=O) groups is 3. The standard InChI is InChI=1S/C30H23BrN2O7S2/c1-18(34)32-22-10-12-23(13-11-22)42(37,38)40-28-25(31)14-19(15-26(28)39-2)16-27-29(35)33(30(36)41-27)17-21-8-5-7-20-6-3-4-9-24(20)21/h3-16H,17H2,1-2H3,(H,32,34)/b27-16-. The van der Waals surface area contributed by atoms with Crippen LogP contribution in [-0.2, 0) is 26.3 Å². The van der Waals surface area contributed by atoms with E-state index in [2.05, 4.69) is 21.2 Å². The smallest absolute Gasteiger partial charge is 0.339 e. The monoisotopic (exact) mass is 666 g/mol. The van der Waals surface area contributed by atoms with Crippen LogP contribution in [0.5, 0.6) is 11.5 Å². The Morgan fingerprint density at radius 2 is 1.74 bits per heavy atom. The molecule has 4 aromatic carbocycles. The summed E-state index contributed by atoms with van der Waals surface area (Å²) >= 11 is 4.17. The Kier molecular flexibility index (Phi) is 8.39. The Bertz CT molecular complexity index is 1870. The Morgan fingerprint density at radius 3 is 2.45 bits per heavy atom. The van der Waals surface area contributed by atoms with Gasteiger partial charge in [-0.15, -0.1) is 0 Å². The van der Waals surface area contributed by atoms with Gasteiger partial charge in [0.05, 0.1) is 23.0 Å². The second-order valence-electron chi connectivity index (χ2n) is 9.18. The summed E-state index contributed by atoms with van der Waals surface area (Å²) in [5.41, 5.74) is 1.78. The van der Waals surface area contributed by atoms with Crippen molar-refractivity contribution >= 4 is 77.4 Å². The number of hydrogen-bond acceptors (Lipinski definition) is 8. The zero-order chi connectivity index (χ0) is 30.0. The van der Waals surface area contributed by atoms with E-state index in [0.717, 1.165) is 28.1 Å². The van der Waals surface area contributed by atoms with E-state index < -0.39 is 16.0 Å². The van der Waals surface area contributed by atoms with Crippen LogP contribution in [-0.4, -0.2) is 37.5 Å². The van der Waals surface area contributed by atoms with Gasteiger partial charge in [0.25, 0.3) is 11.1 Å². The zero-order valence-electron chi connectivity index (χ0n) is 22.3. The Hall–Kier alpha value is -4.13. The molecule has 0 saturated carbocycles. The molecule has 1 fully saturated rings. The molecule has 12 heteroatoms. The van der Waals surface area contributed by atoms with Crippen molar-refractivity contribution in [3.05, 3.63) is 99.4 Å². The minimum Gasteiger partial charge on any atom is -0.493 e. The molecular formula is C30H23BrN2O7S2. The van der Waals surface area contributed by atoms with E-state index in [0.29, 0.717) is 11.3 Å². The molecule has 42 heavy (non-hydrogen) atoms. The summed E-state index contributed by atoms with van der Waals surface area (Å²) < 4.78 is 37.0. The number of benzene rings is 4. The third-order valence-electron chi connectivity index (χ3n) is 6.29. The third-order valence-corrected chi connectivity index (χ3v) is 9.02. The molecular weight excluding hydrogens is 644 g/mol. The van der Waals surface area contributed by atoms with E-state index in [-0.39, 0.29) is 43.5 Å². The molecule has 0 atom stereocenters. The van der Waals surface area contributed by atoms with Crippen LogP contribution in [0.1, 0.15) is 18.1 Å². The number of nitrogens with one attached hydrogen (secondary N) is 1. The van der Waals surface area contributed by atoms with E-state index in [1.54, 1.807) is 12.1 Å². The number of hydrogen-bond donors (Lipinski definition) is 1. The lowest BCUT2D eigenvalue weighted by atomic mass is 10.0. The maximum absolute atomic E-state index is 13.2. The van der Waals surface area contributed by atoms with Crippen molar-refractivity contribution in [2.45, 2.75) is 18.4 Å². The quantitative estimate of drug-likeness (QED) is 0.166. The van der Waals surface area contributed by atoms with E-state index >= 15 is 0 Å². The van der Waals surface area contributed by atoms with Gasteiger partial charge in [-0.1, -0.05) is 42.5 Å². The SMILES string of the molecule is COc1cc(/C=C2\SC(=O)N(Cc3cccc4ccccc34)C2=O)cc(Br)c1OS(=O)(=O)c1ccc(NC(C)=O)cc1. The van der Waals surface area contributed by atoms with Gasteiger partial charge in [0, 0.05) is 12.6 Å². The summed E-state index contributed by atoms with van der Waals surface area (Å²) in [6, 6.07) is 22.1. The number of rotatable bonds is 8. The third kappa shape index (κ3) is 6.20. The van der Waals surface area contributed by atoms with E-state index in [1.807, 2.05) is 42.5 Å². The Balaban J connectivity index is 1.38. The highest BCUT2D eigenvalue weighted by Gasteiger charge is 2.35. The van der Waals surface area contributed by atoms with Crippen LogP contribution in [0.3, 0.4) is 0 Å². The fourth-order valence-corrected chi connectivity index (χ4v) is 6.80. The van der Waals surface area contributed by atoms with Gasteiger partial charge in [0.15, 0.2) is 11.5 Å². The molecule has 1 aliphatic heterocycles. The molecule has 1 heterocycles. The predicted molar refractivity (Wildman–Crippen MR) is 165 cm³/mol. The second-order valence-corrected chi connectivity index (χ2v) is 12.6. The van der Waals surface area contributed by atoms with Gasteiger partial charge in [-0.05, 0) is 92.1 Å². The molecule has 1 N–H and O–H groups in total. The molecule has 4 aromatic rings. The van der Waals surface area contributed by atoms with Crippen LogP contribution in [0.2, 0.25) is 0 Å². The first kappa shape index (κ1) is 29.4. The van der Waals surface area contributed by atoms with E-state index in [9.17, 15) is 22.8 Å². The van der Waals surface area contributed by atoms with E-state index in [1.165, 1.54) is 49.3 Å². The highest BCUT2D eigenvalue weighted by atomic mass is 79.9. The average molecular weight is 668 g/mol. The second kappa shape index (κ2) is 12.0. The van der Waals surface area contributed by atoms with Crippen molar-refractivity contribution in [3.63, 3.8) is 0 Å². The number of ether oxygens (including phenoxy) is 1. The molecule has 9 nitrogen and oxygen atoms in total. The van der Waals surface area contributed by atoms with E-state index in [4.69, 9.17) is 8.92 Å². The molecule has 0 bridgehead atoms. The predicted octanol–water partition coefficient (Wildman–Crippen LogP) is 6.57. The topological polar surface area (TPSA) is 119 Å². The first-order valence-corrected chi connectivity index (χ1v) is 15.5. The van der Waals surface area contributed by atoms with Gasteiger partial charge < -0.3 is 14.2 Å². The first-order chi connectivity index (χ1) is 20.1. The fourth-order valence-electron chi connectivity index (χ4n) is 4.36. The lowest BCUT2D eigenvalue weighted by molar-refractivity contribution is -0.123. The molecule has 5 rings (SSSR count). The van der Waals surface area contributed by atoms with Gasteiger partial charge in [0.1, 0.15) is 4.90 Å². The van der Waals surface area contributed by atoms with Crippen molar-refractivity contribution in [2.75, 3.05) is 12.4 Å². The number of nitrogens with zero attached hydrogens (tertiary/aromatic N) is 1. The van der Waals surface area contributed by atoms with Gasteiger partial charge in [-0.25, -0.2) is 0 Å². The number of fused-ring (bicyclic) bond motifs is 1. The number of thioether (sulfide) groups is 1. The summed E-state index contributed by atoms with van der Waals surface area (Å²) in [7, 11) is -2.91. The highest BCUT2D eigenvalue weighted by molar-refractivity contribution is 9.10. The Labute approximate surface area is 254 Å². The zero-order valence-corrected chi connectivity index (χ0v) is 25.5. The highest BCUT2D eigenvalue weighted by Crippen LogP contribution is 2.41. The van der Waals surface area contributed by atoms with Crippen LogP contribution in [0.15, 0.2) is 93.1 Å². The van der Waals surface area contributed by atoms with Crippen LogP contribution in [0, 0.1) is 0 Å². The molecule has 0 radical (unpaired) electrons. The summed E-state index contributed by atoms with van der Waals surface area (Å²) in [4.78, 5) is 38.6. The minimum absolute atomic E-state index is 0.0871. The van der Waals surface area contributed by atoms with Crippen LogP contribution < -0.4 is 14.2 Å². The number of anilines is 1. The van der Waals surface area contributed by atoms with Gasteiger partial charge >= 0.3 is 10.1 Å². The van der Waals surface area contributed by atoms with Gasteiger partial charge in [-0.2, -0.15) is 8.42 Å². The summed E-state index contributed by atoms with van der Waals surface area (Å²) in [6.07, 6.45) is 1.54. The number of imide groups is 1. The largest absolute Gasteiger partial charge is 0.493 e. The molecule has 0 spiro atoms. The number of methoxy groups -OCH3 is 1. The van der Waals surface area contributed by atoms with Crippen molar-refractivity contribution in [1.82, 2.24) is 4.90 Å². The summed E-state index contributed by atoms with van der Waals surface area (Å²) in [6.45, 7) is 1.48. The normalized spacial score (nSPS) is 14.5. The van der Waals surface area contributed by atoms with Crippen LogP contribution in [0.4, 0.5) is 10.5 Å². The fraction of sp³-hybridized carbons (Fsp3) is 0.100. The van der Waals surface area contributed by atoms with Crippen molar-refractivity contribution in [2.24, 2.45) is 0 Å². The molecule has 1 aliphatic rings. The summed E-state index contributed by atoms with van der Waals surface area (Å²) in [5, 5.41) is 4.16. The van der Waals surface area contributed by atoms with Crippen molar-refractivity contribution in [3.8, 4) is 11.5 Å². The summed E-state index contributed by atoms with van der Waals surface area (Å²) in [5.74, 6) is -0.725. The molecule has 3 amide bonds. The van der Waals surface area contributed by atoms with Crippen LogP contribution in [0.25, 0.3) is 16.8 Å². The lowest BCUT2D eigenvalue weighted by Gasteiger charge is -2.15. The molecule has 0 aromatic heterocycles. The average Bonchev–Trinajstić information content (AvgIpc) is 3.21. The maximum atomic E-state index is 13.2. The number of amides is 3. The Morgan fingerprint density at radius 1 is 1.02 bits per heavy atom. The lowest BCUT2D eigenvalue weighted by Crippen LogP contribution is -2.27. The first-order valence-electron chi connectivity index (χ1n) is 12.5. The van der Waals surface area contributed by atoms with Crippen LogP contribution >= 0.6 is 27.7 Å². The maximum Gasteiger partial charge on any atom is 0.339 e. The molecule has 0 unspecified atom stereocenters. The number of halogens is 1. The van der Waals surface area contributed by atoms with Gasteiger partial charge in [-0.3, -0.25) is 19.3 Å². The number of carbonyl (C=O) groups excluding carboxylic acids is 3. The van der Waals surface area contributed by atoms with Crippen molar-refractivity contribution < 1.29 is 31.7 Å². The van der Waals surface area contributed by atoms with Crippen molar-refractivity contribution in [1.29, 1.82) is 0 Å². The molecule has 1 saturated heterocycles. The molecule has 0 aliphatic carbocycles. The molecule has 214 valence electrons. The van der Waals surface area contributed by atoms with Gasteiger partial charge in [0.2, 0.25) is 5.91 Å². The minimum atomic E-state index is -4.27.